The van der Waals surface area contributed by atoms with Gasteiger partial charge >= 0.3 is 0 Å². The van der Waals surface area contributed by atoms with E-state index in [1.54, 1.807) is 0 Å². The van der Waals surface area contributed by atoms with E-state index in [0.29, 0.717) is 12.0 Å². The summed E-state index contributed by atoms with van der Waals surface area (Å²) in [5, 5.41) is 0. The van der Waals surface area contributed by atoms with Crippen molar-refractivity contribution in [1.82, 2.24) is 4.98 Å². The van der Waals surface area contributed by atoms with E-state index in [9.17, 15) is 0 Å². The predicted molar refractivity (Wildman–Crippen MR) is 64.6 cm³/mol. The first-order valence-electron chi connectivity index (χ1n) is 5.92. The zero-order valence-electron chi connectivity index (χ0n) is 9.82. The van der Waals surface area contributed by atoms with Crippen LogP contribution in [0.4, 0.5) is 0 Å². The molecule has 0 aromatic carbocycles. The Labute approximate surface area is 92.9 Å². The van der Waals surface area contributed by atoms with Gasteiger partial charge in [0.2, 0.25) is 0 Å². The van der Waals surface area contributed by atoms with Gasteiger partial charge in [0.15, 0.2) is 0 Å². The Kier molecular flexibility index (Phi) is 5.33. The van der Waals surface area contributed by atoms with Crippen LogP contribution in [-0.4, -0.2) is 11.0 Å². The maximum atomic E-state index is 6.17. The molecule has 1 unspecified atom stereocenters. The van der Waals surface area contributed by atoms with Crippen LogP contribution in [0.25, 0.3) is 0 Å². The normalized spacial score (nSPS) is 13.1. The van der Waals surface area contributed by atoms with E-state index in [0.717, 1.165) is 12.8 Å². The topological polar surface area (TPSA) is 38.9 Å². The van der Waals surface area contributed by atoms with Crippen molar-refractivity contribution in [3.8, 4) is 0 Å². The Bertz CT molecular complexity index is 254. The molecule has 0 fully saturated rings. The number of nitrogens with zero attached hydrogens (tertiary/aromatic N) is 1. The van der Waals surface area contributed by atoms with Gasteiger partial charge in [-0.2, -0.15) is 0 Å². The van der Waals surface area contributed by atoms with Crippen molar-refractivity contribution in [3.05, 3.63) is 30.1 Å². The van der Waals surface area contributed by atoms with Gasteiger partial charge in [0, 0.05) is 18.4 Å². The molecule has 0 amide bonds. The summed E-state index contributed by atoms with van der Waals surface area (Å²) in [7, 11) is 0. The second-order valence-corrected chi connectivity index (χ2v) is 4.14. The van der Waals surface area contributed by atoms with E-state index >= 15 is 0 Å². The summed E-state index contributed by atoms with van der Waals surface area (Å²) in [5.41, 5.74) is 7.46. The Hall–Kier alpha value is -0.890. The Morgan fingerprint density at radius 2 is 2.07 bits per heavy atom. The van der Waals surface area contributed by atoms with E-state index in [2.05, 4.69) is 24.9 Å². The number of aromatic nitrogens is 1. The average molecular weight is 206 g/mol. The fourth-order valence-electron chi connectivity index (χ4n) is 2.01. The quantitative estimate of drug-likeness (QED) is 0.777. The molecule has 84 valence electrons. The van der Waals surface area contributed by atoms with Crippen molar-refractivity contribution in [2.75, 3.05) is 0 Å². The Balaban J connectivity index is 2.36. The van der Waals surface area contributed by atoms with Crippen molar-refractivity contribution in [2.24, 2.45) is 11.7 Å². The maximum absolute atomic E-state index is 6.17. The highest BCUT2D eigenvalue weighted by Gasteiger charge is 2.13. The van der Waals surface area contributed by atoms with E-state index in [1.807, 2.05) is 18.5 Å². The van der Waals surface area contributed by atoms with Gasteiger partial charge in [-0.15, -0.1) is 0 Å². The number of hydrogen-bond acceptors (Lipinski definition) is 2. The van der Waals surface area contributed by atoms with Crippen LogP contribution in [0, 0.1) is 5.92 Å². The third kappa shape index (κ3) is 4.00. The molecular weight excluding hydrogens is 184 g/mol. The Morgan fingerprint density at radius 1 is 1.33 bits per heavy atom. The third-order valence-corrected chi connectivity index (χ3v) is 3.14. The molecule has 0 bridgehead atoms. The van der Waals surface area contributed by atoms with Gasteiger partial charge < -0.3 is 5.73 Å². The second-order valence-electron chi connectivity index (χ2n) is 4.14. The lowest BCUT2D eigenvalue weighted by Crippen LogP contribution is -2.29. The molecule has 15 heavy (non-hydrogen) atoms. The molecule has 0 saturated heterocycles. The molecule has 1 aromatic heterocycles. The lowest BCUT2D eigenvalue weighted by molar-refractivity contribution is 0.378. The van der Waals surface area contributed by atoms with Gasteiger partial charge in [0.25, 0.3) is 0 Å². The summed E-state index contributed by atoms with van der Waals surface area (Å²) in [4.78, 5) is 4.11. The number of hydrogen-bond donors (Lipinski definition) is 1. The summed E-state index contributed by atoms with van der Waals surface area (Å²) in [6.07, 6.45) is 8.23. The molecule has 0 aliphatic carbocycles. The van der Waals surface area contributed by atoms with E-state index in [4.69, 9.17) is 5.73 Å². The highest BCUT2D eigenvalue weighted by atomic mass is 14.6. The van der Waals surface area contributed by atoms with Crippen LogP contribution >= 0.6 is 0 Å². The molecule has 0 radical (unpaired) electrons. The van der Waals surface area contributed by atoms with E-state index in [1.165, 1.54) is 18.4 Å². The molecule has 2 heteroatoms. The fraction of sp³-hybridized carbons (Fsp3) is 0.615. The minimum absolute atomic E-state index is 0.334. The fourth-order valence-corrected chi connectivity index (χ4v) is 2.01. The van der Waals surface area contributed by atoms with Gasteiger partial charge in [-0.3, -0.25) is 4.98 Å². The standard InChI is InChI=1S/C13H22N2/c1-3-12(4-2)13(14)8-7-11-6-5-9-15-10-11/h5-6,9-10,12-13H,3-4,7-8,14H2,1-2H3. The van der Waals surface area contributed by atoms with Crippen molar-refractivity contribution in [1.29, 1.82) is 0 Å². The molecule has 0 spiro atoms. The largest absolute Gasteiger partial charge is 0.327 e. The van der Waals surface area contributed by atoms with Crippen molar-refractivity contribution >= 4 is 0 Å². The molecule has 0 aliphatic heterocycles. The lowest BCUT2D eigenvalue weighted by Gasteiger charge is -2.20. The van der Waals surface area contributed by atoms with Crippen LogP contribution in [0.1, 0.15) is 38.7 Å². The van der Waals surface area contributed by atoms with Gasteiger partial charge in [-0.1, -0.05) is 32.8 Å². The number of aryl methyl sites for hydroxylation is 1. The first-order valence-corrected chi connectivity index (χ1v) is 5.92. The average Bonchev–Trinajstić information content (AvgIpc) is 2.29. The van der Waals surface area contributed by atoms with Crippen molar-refractivity contribution in [3.63, 3.8) is 0 Å². The number of nitrogens with two attached hydrogens (primary N) is 1. The van der Waals surface area contributed by atoms with Crippen LogP contribution in [0.5, 0.6) is 0 Å². The molecular formula is C13H22N2. The van der Waals surface area contributed by atoms with Crippen LogP contribution < -0.4 is 5.73 Å². The van der Waals surface area contributed by atoms with Crippen LogP contribution in [0.15, 0.2) is 24.5 Å². The molecule has 2 nitrogen and oxygen atoms in total. The molecule has 1 rings (SSSR count). The van der Waals surface area contributed by atoms with Gasteiger partial charge in [0.05, 0.1) is 0 Å². The minimum atomic E-state index is 0.334. The van der Waals surface area contributed by atoms with Crippen LogP contribution in [0.2, 0.25) is 0 Å². The van der Waals surface area contributed by atoms with Gasteiger partial charge in [-0.25, -0.2) is 0 Å². The minimum Gasteiger partial charge on any atom is -0.327 e. The van der Waals surface area contributed by atoms with Crippen molar-refractivity contribution < 1.29 is 0 Å². The second kappa shape index (κ2) is 6.57. The summed E-state index contributed by atoms with van der Waals surface area (Å²) in [6.45, 7) is 4.44. The van der Waals surface area contributed by atoms with Crippen LogP contribution in [0.3, 0.4) is 0 Å². The zero-order valence-corrected chi connectivity index (χ0v) is 9.82. The smallest absolute Gasteiger partial charge is 0.0299 e. The van der Waals surface area contributed by atoms with E-state index < -0.39 is 0 Å². The van der Waals surface area contributed by atoms with Crippen molar-refractivity contribution in [2.45, 2.75) is 45.6 Å². The maximum Gasteiger partial charge on any atom is 0.0299 e. The molecule has 0 aliphatic rings. The zero-order chi connectivity index (χ0) is 11.1. The summed E-state index contributed by atoms with van der Waals surface area (Å²) >= 11 is 0. The third-order valence-electron chi connectivity index (χ3n) is 3.14. The summed E-state index contributed by atoms with van der Waals surface area (Å²) in [6, 6.07) is 4.44. The molecule has 0 saturated carbocycles. The predicted octanol–water partition coefficient (Wildman–Crippen LogP) is 2.78. The monoisotopic (exact) mass is 206 g/mol. The molecule has 1 aromatic rings. The van der Waals surface area contributed by atoms with E-state index in [-0.39, 0.29) is 0 Å². The highest BCUT2D eigenvalue weighted by molar-refractivity contribution is 5.08. The molecule has 1 heterocycles. The molecule has 1 atom stereocenters. The SMILES string of the molecule is CCC(CC)C(N)CCc1cccnc1. The number of rotatable bonds is 6. The Morgan fingerprint density at radius 3 is 2.60 bits per heavy atom. The summed E-state index contributed by atoms with van der Waals surface area (Å²) in [5.74, 6) is 0.668. The van der Waals surface area contributed by atoms with Gasteiger partial charge in [-0.05, 0) is 30.4 Å². The summed E-state index contributed by atoms with van der Waals surface area (Å²) < 4.78 is 0. The number of pyridine rings is 1. The van der Waals surface area contributed by atoms with Gasteiger partial charge in [0.1, 0.15) is 0 Å². The molecule has 2 N–H and O–H groups in total. The highest BCUT2D eigenvalue weighted by Crippen LogP contribution is 2.15. The first kappa shape index (κ1) is 12.2. The first-order chi connectivity index (χ1) is 7.27. The lowest BCUT2D eigenvalue weighted by atomic mass is 9.91. The van der Waals surface area contributed by atoms with Crippen LogP contribution in [-0.2, 0) is 6.42 Å².